The van der Waals surface area contributed by atoms with Gasteiger partial charge in [-0.05, 0) is 18.8 Å². The Bertz CT molecular complexity index is 690. The summed E-state index contributed by atoms with van der Waals surface area (Å²) < 4.78 is 0. The molecule has 2 aromatic rings. The van der Waals surface area contributed by atoms with Crippen LogP contribution in [0.15, 0.2) is 24.0 Å². The largest absolute Gasteiger partial charge is 0.337 e. The third-order valence-electron chi connectivity index (χ3n) is 4.68. The first kappa shape index (κ1) is 14.7. The Kier molecular flexibility index (Phi) is 3.82. The number of likely N-dealkylation sites (tertiary alicyclic amines) is 2. The van der Waals surface area contributed by atoms with Crippen LogP contribution in [0.1, 0.15) is 21.2 Å². The van der Waals surface area contributed by atoms with Gasteiger partial charge in [-0.15, -0.1) is 11.3 Å². The number of fused-ring (bicyclic) bond motifs is 1. The van der Waals surface area contributed by atoms with Crippen molar-refractivity contribution in [2.24, 2.45) is 11.8 Å². The van der Waals surface area contributed by atoms with Crippen molar-refractivity contribution in [2.75, 3.05) is 26.2 Å². The van der Waals surface area contributed by atoms with Gasteiger partial charge in [0.15, 0.2) is 0 Å². The molecule has 0 bridgehead atoms. The molecule has 120 valence electrons. The number of hydrogen-bond acceptors (Lipinski definition) is 6. The van der Waals surface area contributed by atoms with Crippen LogP contribution in [0.4, 0.5) is 0 Å². The minimum absolute atomic E-state index is 0.00850. The Labute approximate surface area is 139 Å². The second-order valence-electron chi connectivity index (χ2n) is 6.37. The molecule has 2 fully saturated rings. The highest BCUT2D eigenvalue weighted by Crippen LogP contribution is 2.32. The molecule has 23 heavy (non-hydrogen) atoms. The fourth-order valence-electron chi connectivity index (χ4n) is 3.67. The first-order valence-electron chi connectivity index (χ1n) is 7.87. The molecule has 4 heterocycles. The summed E-state index contributed by atoms with van der Waals surface area (Å²) in [5, 5.41) is 3.27. The Morgan fingerprint density at radius 3 is 2.65 bits per heavy atom. The van der Waals surface area contributed by atoms with Crippen molar-refractivity contribution in [3.63, 3.8) is 0 Å². The van der Waals surface area contributed by atoms with Crippen molar-refractivity contribution in [1.29, 1.82) is 0 Å². The van der Waals surface area contributed by atoms with Crippen LogP contribution in [-0.4, -0.2) is 56.8 Å². The predicted molar refractivity (Wildman–Crippen MR) is 87.0 cm³/mol. The molecule has 2 atom stereocenters. The monoisotopic (exact) mass is 329 g/mol. The first-order valence-corrected chi connectivity index (χ1v) is 8.75. The number of carbonyl (C=O) groups excluding carboxylic acids is 1. The lowest BCUT2D eigenvalue weighted by atomic mass is 10.0. The number of aryl methyl sites for hydroxylation is 1. The molecule has 0 spiro atoms. The SMILES string of the molecule is Cc1nc(CN2C[C@@H]3CN(C(=O)c4cnccn4)C[C@@H]3C2)cs1. The van der Waals surface area contributed by atoms with E-state index < -0.39 is 0 Å². The lowest BCUT2D eigenvalue weighted by Crippen LogP contribution is -2.33. The number of nitrogens with zero attached hydrogens (tertiary/aromatic N) is 5. The van der Waals surface area contributed by atoms with Crippen molar-refractivity contribution in [2.45, 2.75) is 13.5 Å². The Morgan fingerprint density at radius 1 is 1.26 bits per heavy atom. The van der Waals surface area contributed by atoms with Gasteiger partial charge in [-0.2, -0.15) is 0 Å². The van der Waals surface area contributed by atoms with Crippen LogP contribution >= 0.6 is 11.3 Å². The third kappa shape index (κ3) is 2.98. The van der Waals surface area contributed by atoms with Crippen LogP contribution in [0.2, 0.25) is 0 Å². The number of aromatic nitrogens is 3. The molecular formula is C16H19N5OS. The van der Waals surface area contributed by atoms with Crippen molar-refractivity contribution in [1.82, 2.24) is 24.8 Å². The zero-order valence-electron chi connectivity index (χ0n) is 13.1. The van der Waals surface area contributed by atoms with Gasteiger partial charge in [0.1, 0.15) is 5.69 Å². The van der Waals surface area contributed by atoms with E-state index in [4.69, 9.17) is 0 Å². The summed E-state index contributed by atoms with van der Waals surface area (Å²) in [4.78, 5) is 29.5. The molecule has 0 radical (unpaired) electrons. The molecule has 0 saturated carbocycles. The summed E-state index contributed by atoms with van der Waals surface area (Å²) in [6.45, 7) is 6.72. The van der Waals surface area contributed by atoms with E-state index in [1.54, 1.807) is 29.9 Å². The van der Waals surface area contributed by atoms with Gasteiger partial charge in [-0.25, -0.2) is 9.97 Å². The van der Waals surface area contributed by atoms with E-state index in [1.165, 1.54) is 5.69 Å². The minimum Gasteiger partial charge on any atom is -0.337 e. The van der Waals surface area contributed by atoms with Crippen molar-refractivity contribution in [3.05, 3.63) is 40.4 Å². The maximum Gasteiger partial charge on any atom is 0.274 e. The molecule has 2 aromatic heterocycles. The second kappa shape index (κ2) is 5.98. The average Bonchev–Trinajstić information content (AvgIpc) is 3.22. The number of amides is 1. The van der Waals surface area contributed by atoms with Crippen LogP contribution in [0.25, 0.3) is 0 Å². The molecule has 0 N–H and O–H groups in total. The van der Waals surface area contributed by atoms with Gasteiger partial charge < -0.3 is 4.90 Å². The number of thiazole rings is 1. The molecule has 6 nitrogen and oxygen atoms in total. The smallest absolute Gasteiger partial charge is 0.274 e. The van der Waals surface area contributed by atoms with Crippen LogP contribution in [0.5, 0.6) is 0 Å². The molecule has 0 aromatic carbocycles. The lowest BCUT2D eigenvalue weighted by Gasteiger charge is -2.20. The molecule has 0 aliphatic carbocycles. The highest BCUT2D eigenvalue weighted by atomic mass is 32.1. The third-order valence-corrected chi connectivity index (χ3v) is 5.51. The topological polar surface area (TPSA) is 62.2 Å². The minimum atomic E-state index is 0.00850. The molecule has 7 heteroatoms. The molecular weight excluding hydrogens is 310 g/mol. The van der Waals surface area contributed by atoms with Crippen LogP contribution in [0, 0.1) is 18.8 Å². The standard InChI is InChI=1S/C16H19N5OS/c1-11-19-14(10-23-11)9-20-5-12-7-21(8-13(12)6-20)16(22)15-4-17-2-3-18-15/h2-4,10,12-13H,5-9H2,1H3/t12-,13+. The summed E-state index contributed by atoms with van der Waals surface area (Å²) in [7, 11) is 0. The van der Waals surface area contributed by atoms with Gasteiger partial charge in [0.2, 0.25) is 0 Å². The van der Waals surface area contributed by atoms with E-state index in [9.17, 15) is 4.79 Å². The quantitative estimate of drug-likeness (QED) is 0.853. The second-order valence-corrected chi connectivity index (χ2v) is 7.44. The molecule has 2 aliphatic heterocycles. The van der Waals surface area contributed by atoms with Crippen LogP contribution in [0.3, 0.4) is 0 Å². The van der Waals surface area contributed by atoms with Gasteiger partial charge in [0, 0.05) is 50.5 Å². The van der Waals surface area contributed by atoms with Crippen molar-refractivity contribution in [3.8, 4) is 0 Å². The molecule has 2 aliphatic rings. The molecule has 0 unspecified atom stereocenters. The summed E-state index contributed by atoms with van der Waals surface area (Å²) in [6, 6.07) is 0. The summed E-state index contributed by atoms with van der Waals surface area (Å²) in [6.07, 6.45) is 4.71. The van der Waals surface area contributed by atoms with E-state index in [1.807, 2.05) is 11.8 Å². The van der Waals surface area contributed by atoms with Crippen LogP contribution in [-0.2, 0) is 6.54 Å². The van der Waals surface area contributed by atoms with Gasteiger partial charge >= 0.3 is 0 Å². The van der Waals surface area contributed by atoms with E-state index in [-0.39, 0.29) is 5.91 Å². The number of hydrogen-bond donors (Lipinski definition) is 0. The Balaban J connectivity index is 1.36. The first-order chi connectivity index (χ1) is 11.2. The van der Waals surface area contributed by atoms with Gasteiger partial charge in [-0.1, -0.05) is 0 Å². The van der Waals surface area contributed by atoms with Crippen molar-refractivity contribution >= 4 is 17.2 Å². The molecule has 2 saturated heterocycles. The average molecular weight is 329 g/mol. The Morgan fingerprint density at radius 2 is 2.04 bits per heavy atom. The van der Waals surface area contributed by atoms with E-state index >= 15 is 0 Å². The number of rotatable bonds is 3. The zero-order chi connectivity index (χ0) is 15.8. The normalized spacial score (nSPS) is 24.1. The van der Waals surface area contributed by atoms with Gasteiger partial charge in [-0.3, -0.25) is 14.7 Å². The fourth-order valence-corrected chi connectivity index (χ4v) is 4.27. The summed E-state index contributed by atoms with van der Waals surface area (Å²) in [5.74, 6) is 1.14. The maximum absolute atomic E-state index is 12.5. The molecule has 1 amide bonds. The van der Waals surface area contributed by atoms with Gasteiger partial charge in [0.05, 0.1) is 16.9 Å². The van der Waals surface area contributed by atoms with E-state index in [0.717, 1.165) is 37.7 Å². The van der Waals surface area contributed by atoms with Gasteiger partial charge in [0.25, 0.3) is 5.91 Å². The van der Waals surface area contributed by atoms with E-state index in [2.05, 4.69) is 25.2 Å². The summed E-state index contributed by atoms with van der Waals surface area (Å²) >= 11 is 1.71. The highest BCUT2D eigenvalue weighted by Gasteiger charge is 2.41. The molecule has 4 rings (SSSR count). The zero-order valence-corrected chi connectivity index (χ0v) is 13.9. The Hall–Kier alpha value is -1.86. The predicted octanol–water partition coefficient (Wildman–Crippen LogP) is 1.45. The fraction of sp³-hybridized carbons (Fsp3) is 0.500. The maximum atomic E-state index is 12.5. The summed E-state index contributed by atoms with van der Waals surface area (Å²) in [5.41, 5.74) is 1.61. The van der Waals surface area contributed by atoms with Crippen molar-refractivity contribution < 1.29 is 4.79 Å². The lowest BCUT2D eigenvalue weighted by molar-refractivity contribution is 0.0767. The van der Waals surface area contributed by atoms with Crippen LogP contribution < -0.4 is 0 Å². The van der Waals surface area contributed by atoms with E-state index in [0.29, 0.717) is 17.5 Å². The highest BCUT2D eigenvalue weighted by molar-refractivity contribution is 7.09. The number of carbonyl (C=O) groups is 1.